The van der Waals surface area contributed by atoms with Gasteiger partial charge in [-0.05, 0) is 24.7 Å². The number of carbonyl (C=O) groups is 1. The lowest BCUT2D eigenvalue weighted by molar-refractivity contribution is -0.122. The number of carbonyl (C=O) groups excluding carboxylic acids is 1. The Balaban J connectivity index is 2.27. The first-order chi connectivity index (χ1) is 7.65. The van der Waals surface area contributed by atoms with Gasteiger partial charge in [-0.25, -0.2) is 0 Å². The van der Waals surface area contributed by atoms with Gasteiger partial charge >= 0.3 is 0 Å². The molecule has 1 fully saturated rings. The fourth-order valence-electron chi connectivity index (χ4n) is 2.35. The van der Waals surface area contributed by atoms with Crippen molar-refractivity contribution in [3.05, 3.63) is 12.7 Å². The van der Waals surface area contributed by atoms with Gasteiger partial charge in [0.25, 0.3) is 0 Å². The SMILES string of the molecule is C=CCC(N)C(=O)NCC1CCCCC1C. The second-order valence-electron chi connectivity index (χ2n) is 4.90. The molecule has 3 heteroatoms. The first-order valence-electron chi connectivity index (χ1n) is 6.29. The van der Waals surface area contributed by atoms with E-state index < -0.39 is 6.04 Å². The second-order valence-corrected chi connectivity index (χ2v) is 4.90. The smallest absolute Gasteiger partial charge is 0.237 e. The van der Waals surface area contributed by atoms with E-state index in [1.807, 2.05) is 0 Å². The summed E-state index contributed by atoms with van der Waals surface area (Å²) in [6.07, 6.45) is 7.39. The zero-order valence-electron chi connectivity index (χ0n) is 10.2. The summed E-state index contributed by atoms with van der Waals surface area (Å²) >= 11 is 0. The van der Waals surface area contributed by atoms with Crippen LogP contribution in [-0.2, 0) is 4.79 Å². The molecule has 0 heterocycles. The van der Waals surface area contributed by atoms with E-state index in [-0.39, 0.29) is 5.91 Å². The lowest BCUT2D eigenvalue weighted by atomic mass is 9.80. The largest absolute Gasteiger partial charge is 0.354 e. The summed E-state index contributed by atoms with van der Waals surface area (Å²) in [6, 6.07) is -0.434. The van der Waals surface area contributed by atoms with Crippen LogP contribution in [0.3, 0.4) is 0 Å². The van der Waals surface area contributed by atoms with Crippen LogP contribution in [0.2, 0.25) is 0 Å². The predicted octanol–water partition coefficient (Wildman–Crippen LogP) is 1.83. The summed E-state index contributed by atoms with van der Waals surface area (Å²) in [5.41, 5.74) is 5.69. The van der Waals surface area contributed by atoms with Crippen LogP contribution >= 0.6 is 0 Å². The molecular formula is C13H24N2O. The molecule has 0 spiro atoms. The van der Waals surface area contributed by atoms with Gasteiger partial charge in [0.2, 0.25) is 5.91 Å². The zero-order chi connectivity index (χ0) is 12.0. The van der Waals surface area contributed by atoms with E-state index in [0.29, 0.717) is 12.3 Å². The highest BCUT2D eigenvalue weighted by atomic mass is 16.2. The molecule has 1 rings (SSSR count). The second kappa shape index (κ2) is 6.69. The topological polar surface area (TPSA) is 55.1 Å². The summed E-state index contributed by atoms with van der Waals surface area (Å²) in [6.45, 7) is 6.65. The van der Waals surface area contributed by atoms with Crippen molar-refractivity contribution in [1.82, 2.24) is 5.32 Å². The number of hydrogen-bond acceptors (Lipinski definition) is 2. The minimum Gasteiger partial charge on any atom is -0.354 e. The molecule has 92 valence electrons. The van der Waals surface area contributed by atoms with Crippen molar-refractivity contribution in [2.45, 2.75) is 45.1 Å². The van der Waals surface area contributed by atoms with Crippen molar-refractivity contribution in [2.75, 3.05) is 6.54 Å². The molecule has 0 aliphatic heterocycles. The summed E-state index contributed by atoms with van der Waals surface area (Å²) < 4.78 is 0. The van der Waals surface area contributed by atoms with Gasteiger partial charge in [0.15, 0.2) is 0 Å². The summed E-state index contributed by atoms with van der Waals surface area (Å²) in [7, 11) is 0. The van der Waals surface area contributed by atoms with E-state index in [1.54, 1.807) is 6.08 Å². The normalized spacial score (nSPS) is 27.1. The fourth-order valence-corrected chi connectivity index (χ4v) is 2.35. The zero-order valence-corrected chi connectivity index (χ0v) is 10.2. The number of rotatable bonds is 5. The minimum absolute atomic E-state index is 0.0438. The predicted molar refractivity (Wildman–Crippen MR) is 66.9 cm³/mol. The summed E-state index contributed by atoms with van der Waals surface area (Å²) in [5.74, 6) is 1.32. The molecule has 3 N–H and O–H groups in total. The van der Waals surface area contributed by atoms with Crippen LogP contribution in [0.1, 0.15) is 39.0 Å². The van der Waals surface area contributed by atoms with E-state index in [9.17, 15) is 4.79 Å². The Labute approximate surface area is 98.5 Å². The van der Waals surface area contributed by atoms with Gasteiger partial charge in [-0.1, -0.05) is 32.3 Å². The van der Waals surface area contributed by atoms with Gasteiger partial charge in [-0.3, -0.25) is 4.79 Å². The molecule has 0 aromatic heterocycles. The van der Waals surface area contributed by atoms with E-state index in [0.717, 1.165) is 12.5 Å². The Bertz CT molecular complexity index is 240. The van der Waals surface area contributed by atoms with Gasteiger partial charge in [-0.15, -0.1) is 6.58 Å². The molecule has 3 nitrogen and oxygen atoms in total. The van der Waals surface area contributed by atoms with Gasteiger partial charge in [-0.2, -0.15) is 0 Å². The van der Waals surface area contributed by atoms with Gasteiger partial charge < -0.3 is 11.1 Å². The Kier molecular flexibility index (Phi) is 5.53. The van der Waals surface area contributed by atoms with Crippen molar-refractivity contribution in [3.63, 3.8) is 0 Å². The molecule has 16 heavy (non-hydrogen) atoms. The van der Waals surface area contributed by atoms with E-state index >= 15 is 0 Å². The molecule has 1 saturated carbocycles. The van der Waals surface area contributed by atoms with Crippen molar-refractivity contribution in [2.24, 2.45) is 17.6 Å². The van der Waals surface area contributed by atoms with Crippen LogP contribution in [0.4, 0.5) is 0 Å². The molecule has 0 aromatic carbocycles. The van der Waals surface area contributed by atoms with Crippen molar-refractivity contribution >= 4 is 5.91 Å². The van der Waals surface area contributed by atoms with Crippen LogP contribution in [0.25, 0.3) is 0 Å². The van der Waals surface area contributed by atoms with Gasteiger partial charge in [0, 0.05) is 6.54 Å². The average Bonchev–Trinajstić information content (AvgIpc) is 2.28. The molecule has 0 saturated heterocycles. The minimum atomic E-state index is -0.434. The molecule has 1 amide bonds. The van der Waals surface area contributed by atoms with E-state index in [4.69, 9.17) is 5.73 Å². The lowest BCUT2D eigenvalue weighted by Crippen LogP contribution is -2.43. The highest BCUT2D eigenvalue weighted by Crippen LogP contribution is 2.28. The lowest BCUT2D eigenvalue weighted by Gasteiger charge is -2.29. The Morgan fingerprint density at radius 1 is 1.56 bits per heavy atom. The maximum atomic E-state index is 11.6. The molecule has 3 atom stereocenters. The van der Waals surface area contributed by atoms with Crippen LogP contribution in [0.5, 0.6) is 0 Å². The molecular weight excluding hydrogens is 200 g/mol. The molecule has 1 aliphatic carbocycles. The van der Waals surface area contributed by atoms with Crippen LogP contribution in [-0.4, -0.2) is 18.5 Å². The quantitative estimate of drug-likeness (QED) is 0.700. The first kappa shape index (κ1) is 13.2. The highest BCUT2D eigenvalue weighted by molar-refractivity contribution is 5.81. The number of amides is 1. The molecule has 0 bridgehead atoms. The van der Waals surface area contributed by atoms with Crippen molar-refractivity contribution in [1.29, 1.82) is 0 Å². The van der Waals surface area contributed by atoms with Crippen molar-refractivity contribution in [3.8, 4) is 0 Å². The highest BCUT2D eigenvalue weighted by Gasteiger charge is 2.22. The van der Waals surface area contributed by atoms with Gasteiger partial charge in [0.1, 0.15) is 0 Å². The van der Waals surface area contributed by atoms with Crippen molar-refractivity contribution < 1.29 is 4.79 Å². The monoisotopic (exact) mass is 224 g/mol. The average molecular weight is 224 g/mol. The van der Waals surface area contributed by atoms with Crippen LogP contribution in [0.15, 0.2) is 12.7 Å². The molecule has 1 aliphatic rings. The third kappa shape index (κ3) is 3.97. The third-order valence-electron chi connectivity index (χ3n) is 3.58. The standard InChI is InChI=1S/C13H24N2O/c1-3-6-12(14)13(16)15-9-11-8-5-4-7-10(11)2/h3,10-12H,1,4-9,14H2,2H3,(H,15,16). The number of nitrogens with two attached hydrogens (primary N) is 1. The maximum Gasteiger partial charge on any atom is 0.237 e. The Morgan fingerprint density at radius 3 is 2.88 bits per heavy atom. The molecule has 0 radical (unpaired) electrons. The number of nitrogens with one attached hydrogen (secondary N) is 1. The van der Waals surface area contributed by atoms with E-state index in [2.05, 4.69) is 18.8 Å². The Hall–Kier alpha value is -0.830. The summed E-state index contributed by atoms with van der Waals surface area (Å²) in [4.78, 5) is 11.6. The molecule has 0 aromatic rings. The molecule has 3 unspecified atom stereocenters. The van der Waals surface area contributed by atoms with Gasteiger partial charge in [0.05, 0.1) is 6.04 Å². The first-order valence-corrected chi connectivity index (χ1v) is 6.29. The van der Waals surface area contributed by atoms with Crippen LogP contribution < -0.4 is 11.1 Å². The van der Waals surface area contributed by atoms with Crippen LogP contribution in [0, 0.1) is 11.8 Å². The van der Waals surface area contributed by atoms with E-state index in [1.165, 1.54) is 25.7 Å². The Morgan fingerprint density at radius 2 is 2.25 bits per heavy atom. The third-order valence-corrected chi connectivity index (χ3v) is 3.58. The maximum absolute atomic E-state index is 11.6. The fraction of sp³-hybridized carbons (Fsp3) is 0.769. The number of hydrogen-bond donors (Lipinski definition) is 2. The summed E-state index contributed by atoms with van der Waals surface area (Å²) in [5, 5.41) is 2.96.